The molecule has 1 unspecified atom stereocenters. The van der Waals surface area contributed by atoms with E-state index in [2.05, 4.69) is 29.0 Å². The Morgan fingerprint density at radius 2 is 2.05 bits per heavy atom. The molecule has 0 amide bonds. The van der Waals surface area contributed by atoms with Crippen molar-refractivity contribution in [3.8, 4) is 0 Å². The van der Waals surface area contributed by atoms with Crippen LogP contribution in [-0.2, 0) is 0 Å². The minimum atomic E-state index is -0.0484. The minimum absolute atomic E-state index is 0.0484. The molecule has 1 heterocycles. The highest BCUT2D eigenvalue weighted by molar-refractivity contribution is 5.82. The molecule has 0 saturated heterocycles. The van der Waals surface area contributed by atoms with Gasteiger partial charge in [0, 0.05) is 37.2 Å². The monoisotopic (exact) mass is 265 g/mol. The quantitative estimate of drug-likeness (QED) is 0.366. The summed E-state index contributed by atoms with van der Waals surface area (Å²) in [7, 11) is 1.94. The first-order chi connectivity index (χ1) is 8.85. The second kappa shape index (κ2) is 6.36. The van der Waals surface area contributed by atoms with Gasteiger partial charge in [-0.05, 0) is 6.92 Å². The molecule has 0 aliphatic rings. The lowest BCUT2D eigenvalue weighted by Crippen LogP contribution is -2.33. The fraction of sp³-hybridized carbons (Fsp3) is 0.615. The Bertz CT molecular complexity index is 458. The molecule has 1 aromatic rings. The van der Waals surface area contributed by atoms with Crippen molar-refractivity contribution >= 4 is 11.7 Å². The number of hydrogen-bond acceptors (Lipinski definition) is 5. The molecule has 0 spiro atoms. The fourth-order valence-corrected chi connectivity index (χ4v) is 1.72. The van der Waals surface area contributed by atoms with Gasteiger partial charge in [0.25, 0.3) is 0 Å². The number of aromatic nitrogens is 2. The minimum Gasteiger partial charge on any atom is -0.409 e. The maximum Gasteiger partial charge on any atom is 0.143 e. The van der Waals surface area contributed by atoms with Crippen molar-refractivity contribution in [2.75, 3.05) is 18.5 Å². The molecule has 106 valence electrons. The van der Waals surface area contributed by atoms with E-state index in [1.165, 1.54) is 0 Å². The summed E-state index contributed by atoms with van der Waals surface area (Å²) in [5.41, 5.74) is 6.53. The molecule has 0 aliphatic heterocycles. The highest BCUT2D eigenvalue weighted by Crippen LogP contribution is 2.17. The van der Waals surface area contributed by atoms with Gasteiger partial charge in [0.05, 0.1) is 0 Å². The van der Waals surface area contributed by atoms with Gasteiger partial charge in [-0.1, -0.05) is 25.9 Å². The summed E-state index contributed by atoms with van der Waals surface area (Å²) in [6, 6.07) is 1.94. The number of nitrogens with two attached hydrogens (primary N) is 1. The smallest absolute Gasteiger partial charge is 0.143 e. The SMILES string of the molecule is Cc1cc(N(C)CC(C)/C(N)=N/O)nc(C(C)C)n1. The summed E-state index contributed by atoms with van der Waals surface area (Å²) in [5.74, 6) is 2.15. The molecule has 0 aromatic carbocycles. The lowest BCUT2D eigenvalue weighted by Gasteiger charge is -2.22. The van der Waals surface area contributed by atoms with E-state index in [1.54, 1.807) is 0 Å². The number of aryl methyl sites for hydroxylation is 1. The third kappa shape index (κ3) is 4.08. The molecular formula is C13H23N5O. The molecule has 6 nitrogen and oxygen atoms in total. The third-order valence-electron chi connectivity index (χ3n) is 2.93. The number of hydrogen-bond donors (Lipinski definition) is 2. The number of oxime groups is 1. The molecule has 0 radical (unpaired) electrons. The molecule has 0 saturated carbocycles. The summed E-state index contributed by atoms with van der Waals surface area (Å²) in [5, 5.41) is 11.7. The predicted octanol–water partition coefficient (Wildman–Crippen LogP) is 1.73. The van der Waals surface area contributed by atoms with E-state index in [1.807, 2.05) is 31.9 Å². The van der Waals surface area contributed by atoms with Gasteiger partial charge in [0.2, 0.25) is 0 Å². The molecule has 0 bridgehead atoms. The van der Waals surface area contributed by atoms with Crippen LogP contribution in [0.25, 0.3) is 0 Å². The Kier molecular flexibility index (Phi) is 5.09. The van der Waals surface area contributed by atoms with Gasteiger partial charge in [-0.2, -0.15) is 0 Å². The molecule has 3 N–H and O–H groups in total. The van der Waals surface area contributed by atoms with Crippen molar-refractivity contribution in [1.82, 2.24) is 9.97 Å². The molecule has 19 heavy (non-hydrogen) atoms. The lowest BCUT2D eigenvalue weighted by atomic mass is 10.1. The molecular weight excluding hydrogens is 242 g/mol. The normalized spacial score (nSPS) is 13.7. The number of nitrogens with zero attached hydrogens (tertiary/aromatic N) is 4. The van der Waals surface area contributed by atoms with Crippen molar-refractivity contribution < 1.29 is 5.21 Å². The van der Waals surface area contributed by atoms with Gasteiger partial charge in [-0.25, -0.2) is 9.97 Å². The highest BCUT2D eigenvalue weighted by atomic mass is 16.4. The third-order valence-corrected chi connectivity index (χ3v) is 2.93. The van der Waals surface area contributed by atoms with Crippen LogP contribution in [0, 0.1) is 12.8 Å². The largest absolute Gasteiger partial charge is 0.409 e. The van der Waals surface area contributed by atoms with Gasteiger partial charge in [0.15, 0.2) is 0 Å². The first-order valence-electron chi connectivity index (χ1n) is 6.39. The first-order valence-corrected chi connectivity index (χ1v) is 6.39. The van der Waals surface area contributed by atoms with Crippen LogP contribution in [0.4, 0.5) is 5.82 Å². The van der Waals surface area contributed by atoms with Crippen LogP contribution in [0.2, 0.25) is 0 Å². The van der Waals surface area contributed by atoms with Crippen LogP contribution in [0.5, 0.6) is 0 Å². The number of rotatable bonds is 5. The van der Waals surface area contributed by atoms with Gasteiger partial charge in [-0.3, -0.25) is 0 Å². The Balaban J connectivity index is 2.90. The van der Waals surface area contributed by atoms with Crippen LogP contribution in [0.1, 0.15) is 38.2 Å². The maximum atomic E-state index is 8.67. The van der Waals surface area contributed by atoms with Gasteiger partial charge < -0.3 is 15.8 Å². The number of anilines is 1. The van der Waals surface area contributed by atoms with Gasteiger partial charge in [0.1, 0.15) is 17.5 Å². The molecule has 6 heteroatoms. The molecule has 1 aromatic heterocycles. The van der Waals surface area contributed by atoms with Crippen LogP contribution in [-0.4, -0.2) is 34.6 Å². The summed E-state index contributed by atoms with van der Waals surface area (Å²) in [6.07, 6.45) is 0. The van der Waals surface area contributed by atoms with E-state index in [-0.39, 0.29) is 17.7 Å². The molecule has 0 aliphatic carbocycles. The van der Waals surface area contributed by atoms with E-state index < -0.39 is 0 Å². The Labute approximate surface area is 114 Å². The topological polar surface area (TPSA) is 87.6 Å². The highest BCUT2D eigenvalue weighted by Gasteiger charge is 2.14. The Morgan fingerprint density at radius 3 is 2.58 bits per heavy atom. The number of amidine groups is 1. The van der Waals surface area contributed by atoms with Crippen LogP contribution in [0.3, 0.4) is 0 Å². The van der Waals surface area contributed by atoms with Gasteiger partial charge in [-0.15, -0.1) is 0 Å². The van der Waals surface area contributed by atoms with Crippen LogP contribution in [0.15, 0.2) is 11.2 Å². The average molecular weight is 265 g/mol. The molecule has 1 rings (SSSR count). The standard InChI is InChI=1S/C13H23N5O/c1-8(2)13-15-10(4)6-11(16-13)18(5)7-9(3)12(14)17-19/h6,8-9,19H,7H2,1-5H3,(H2,14,17). The Hall–Kier alpha value is -1.85. The predicted molar refractivity (Wildman–Crippen MR) is 76.7 cm³/mol. The van der Waals surface area contributed by atoms with E-state index in [4.69, 9.17) is 10.9 Å². The lowest BCUT2D eigenvalue weighted by molar-refractivity contribution is 0.314. The molecule has 0 fully saturated rings. The van der Waals surface area contributed by atoms with E-state index in [0.29, 0.717) is 6.54 Å². The van der Waals surface area contributed by atoms with Crippen molar-refractivity contribution in [1.29, 1.82) is 0 Å². The van der Waals surface area contributed by atoms with Crippen molar-refractivity contribution in [3.05, 3.63) is 17.6 Å². The second-order valence-corrected chi connectivity index (χ2v) is 5.19. The first kappa shape index (κ1) is 15.2. The van der Waals surface area contributed by atoms with Crippen LogP contribution < -0.4 is 10.6 Å². The van der Waals surface area contributed by atoms with Crippen molar-refractivity contribution in [2.24, 2.45) is 16.8 Å². The van der Waals surface area contributed by atoms with E-state index in [9.17, 15) is 0 Å². The van der Waals surface area contributed by atoms with E-state index in [0.717, 1.165) is 17.3 Å². The summed E-state index contributed by atoms with van der Waals surface area (Å²) in [4.78, 5) is 11.0. The summed E-state index contributed by atoms with van der Waals surface area (Å²) >= 11 is 0. The van der Waals surface area contributed by atoms with Gasteiger partial charge >= 0.3 is 0 Å². The zero-order chi connectivity index (χ0) is 14.6. The zero-order valence-electron chi connectivity index (χ0n) is 12.3. The van der Waals surface area contributed by atoms with E-state index >= 15 is 0 Å². The average Bonchev–Trinajstić information content (AvgIpc) is 2.36. The van der Waals surface area contributed by atoms with Crippen molar-refractivity contribution in [3.63, 3.8) is 0 Å². The summed E-state index contributed by atoms with van der Waals surface area (Å²) < 4.78 is 0. The van der Waals surface area contributed by atoms with Crippen LogP contribution >= 0.6 is 0 Å². The molecule has 1 atom stereocenters. The van der Waals surface area contributed by atoms with Crippen molar-refractivity contribution in [2.45, 2.75) is 33.6 Å². The second-order valence-electron chi connectivity index (χ2n) is 5.19. The fourth-order valence-electron chi connectivity index (χ4n) is 1.72. The Morgan fingerprint density at radius 1 is 1.42 bits per heavy atom. The maximum absolute atomic E-state index is 8.67. The summed E-state index contributed by atoms with van der Waals surface area (Å²) in [6.45, 7) is 8.62. The zero-order valence-corrected chi connectivity index (χ0v) is 12.3.